The van der Waals surface area contributed by atoms with Crippen LogP contribution < -0.4 is 5.32 Å². The molecule has 32 heavy (non-hydrogen) atoms. The molecule has 0 bridgehead atoms. The predicted molar refractivity (Wildman–Crippen MR) is 129 cm³/mol. The zero-order valence-corrected chi connectivity index (χ0v) is 18.9. The normalized spacial score (nSPS) is 21.5. The van der Waals surface area contributed by atoms with E-state index in [2.05, 4.69) is 80.7 Å². The molecule has 2 unspecified atom stereocenters. The van der Waals surface area contributed by atoms with E-state index in [0.717, 1.165) is 22.2 Å². The Morgan fingerprint density at radius 1 is 0.781 bits per heavy atom. The number of allylic oxidation sites excluding steroid dienone is 2. The Labute approximate surface area is 189 Å². The van der Waals surface area contributed by atoms with E-state index in [0.29, 0.717) is 19.3 Å². The van der Waals surface area contributed by atoms with Crippen molar-refractivity contribution >= 4 is 22.5 Å². The third kappa shape index (κ3) is 3.77. The number of nitrogens with one attached hydrogen (secondary N) is 1. The van der Waals surface area contributed by atoms with Crippen molar-refractivity contribution in [2.45, 2.75) is 57.3 Å². The third-order valence-corrected chi connectivity index (χ3v) is 6.96. The summed E-state index contributed by atoms with van der Waals surface area (Å²) < 4.78 is 0. The molecule has 1 amide bonds. The lowest BCUT2D eigenvalue weighted by molar-refractivity contribution is -0.122. The fourth-order valence-corrected chi connectivity index (χ4v) is 5.16. The van der Waals surface area contributed by atoms with Crippen LogP contribution in [0.2, 0.25) is 0 Å². The SMILES string of the molecule is CC(C)(C)c1ccc(C2CC(=O)C3=C(C2)NC(=O)CC3c2ccc3ccccc3c2)cc1. The zero-order chi connectivity index (χ0) is 22.5. The molecule has 1 aliphatic heterocycles. The van der Waals surface area contributed by atoms with E-state index in [1.54, 1.807) is 0 Å². The molecule has 2 atom stereocenters. The molecule has 0 spiro atoms. The highest BCUT2D eigenvalue weighted by molar-refractivity contribution is 6.02. The Morgan fingerprint density at radius 2 is 1.47 bits per heavy atom. The van der Waals surface area contributed by atoms with Gasteiger partial charge in [0.1, 0.15) is 0 Å². The molecule has 5 rings (SSSR count). The fraction of sp³-hybridized carbons (Fsp3) is 0.310. The average Bonchev–Trinajstić information content (AvgIpc) is 2.77. The number of carbonyl (C=O) groups is 2. The van der Waals surface area contributed by atoms with Gasteiger partial charge in [-0.05, 0) is 45.2 Å². The first-order valence-corrected chi connectivity index (χ1v) is 11.4. The third-order valence-electron chi connectivity index (χ3n) is 6.96. The molecule has 2 aliphatic rings. The second kappa shape index (κ2) is 7.74. The lowest BCUT2D eigenvalue weighted by Crippen LogP contribution is -2.38. The minimum atomic E-state index is -0.167. The van der Waals surface area contributed by atoms with Crippen molar-refractivity contribution in [3.05, 3.63) is 94.7 Å². The summed E-state index contributed by atoms with van der Waals surface area (Å²) in [7, 11) is 0. The molecular formula is C29H29NO2. The van der Waals surface area contributed by atoms with Crippen molar-refractivity contribution in [1.29, 1.82) is 0 Å². The van der Waals surface area contributed by atoms with Crippen LogP contribution in [0.15, 0.2) is 78.0 Å². The van der Waals surface area contributed by atoms with Gasteiger partial charge in [-0.25, -0.2) is 0 Å². The van der Waals surface area contributed by atoms with E-state index in [1.807, 2.05) is 12.1 Å². The number of carbonyl (C=O) groups excluding carboxylic acids is 2. The summed E-state index contributed by atoms with van der Waals surface area (Å²) >= 11 is 0. The first-order valence-electron chi connectivity index (χ1n) is 11.4. The second-order valence-electron chi connectivity index (χ2n) is 10.2. The molecule has 0 radical (unpaired) electrons. The first-order chi connectivity index (χ1) is 15.3. The van der Waals surface area contributed by atoms with Crippen molar-refractivity contribution in [2.24, 2.45) is 0 Å². The lowest BCUT2D eigenvalue weighted by Gasteiger charge is -2.34. The molecule has 0 saturated heterocycles. The zero-order valence-electron chi connectivity index (χ0n) is 18.9. The van der Waals surface area contributed by atoms with Crippen LogP contribution in [-0.2, 0) is 15.0 Å². The number of rotatable bonds is 2. The van der Waals surface area contributed by atoms with Gasteiger partial charge in [0.05, 0.1) is 0 Å². The lowest BCUT2D eigenvalue weighted by atomic mass is 9.73. The summed E-state index contributed by atoms with van der Waals surface area (Å²) in [5.74, 6) is 0.0961. The van der Waals surface area contributed by atoms with Gasteiger partial charge in [-0.3, -0.25) is 9.59 Å². The van der Waals surface area contributed by atoms with Crippen molar-refractivity contribution in [2.75, 3.05) is 0 Å². The van der Waals surface area contributed by atoms with E-state index < -0.39 is 0 Å². The number of hydrogen-bond donors (Lipinski definition) is 1. The Morgan fingerprint density at radius 3 is 2.19 bits per heavy atom. The minimum absolute atomic E-state index is 0.00145. The fourth-order valence-electron chi connectivity index (χ4n) is 5.16. The molecule has 1 aliphatic carbocycles. The number of fused-ring (bicyclic) bond motifs is 1. The van der Waals surface area contributed by atoms with Crippen LogP contribution in [0.1, 0.15) is 68.6 Å². The van der Waals surface area contributed by atoms with Gasteiger partial charge in [0.25, 0.3) is 0 Å². The van der Waals surface area contributed by atoms with Crippen LogP contribution in [0, 0.1) is 0 Å². The number of amides is 1. The Kier molecular flexibility index (Phi) is 5.00. The largest absolute Gasteiger partial charge is 0.329 e. The number of Topliss-reactive ketones (excluding diaryl/α,β-unsaturated/α-hetero) is 1. The molecule has 3 aromatic carbocycles. The molecule has 3 heteroatoms. The van der Waals surface area contributed by atoms with Crippen molar-refractivity contribution in [1.82, 2.24) is 5.32 Å². The van der Waals surface area contributed by atoms with Gasteiger partial charge >= 0.3 is 0 Å². The first kappa shape index (κ1) is 20.7. The summed E-state index contributed by atoms with van der Waals surface area (Å²) in [6.45, 7) is 6.61. The highest BCUT2D eigenvalue weighted by Gasteiger charge is 2.38. The summed E-state index contributed by atoms with van der Waals surface area (Å²) in [6, 6.07) is 23.1. The maximum absolute atomic E-state index is 13.4. The van der Waals surface area contributed by atoms with Gasteiger partial charge in [0, 0.05) is 30.0 Å². The summed E-state index contributed by atoms with van der Waals surface area (Å²) in [5, 5.41) is 5.34. The molecule has 0 aromatic heterocycles. The molecule has 0 fully saturated rings. The van der Waals surface area contributed by atoms with Crippen LogP contribution in [0.25, 0.3) is 10.8 Å². The number of benzene rings is 3. The van der Waals surface area contributed by atoms with E-state index in [9.17, 15) is 9.59 Å². The maximum Gasteiger partial charge on any atom is 0.225 e. The quantitative estimate of drug-likeness (QED) is 0.538. The van der Waals surface area contributed by atoms with Crippen LogP contribution in [0.5, 0.6) is 0 Å². The number of ketones is 1. The molecule has 3 nitrogen and oxygen atoms in total. The second-order valence-corrected chi connectivity index (χ2v) is 10.2. The molecular weight excluding hydrogens is 394 g/mol. The Hall–Kier alpha value is -3.20. The Bertz CT molecular complexity index is 1240. The van der Waals surface area contributed by atoms with Gasteiger partial charge in [-0.2, -0.15) is 0 Å². The number of hydrogen-bond acceptors (Lipinski definition) is 2. The average molecular weight is 424 g/mol. The van der Waals surface area contributed by atoms with Crippen LogP contribution in [0.4, 0.5) is 0 Å². The molecule has 0 saturated carbocycles. The van der Waals surface area contributed by atoms with E-state index in [-0.39, 0.29) is 28.9 Å². The van der Waals surface area contributed by atoms with Crippen molar-refractivity contribution < 1.29 is 9.59 Å². The monoisotopic (exact) mass is 423 g/mol. The van der Waals surface area contributed by atoms with E-state index in [1.165, 1.54) is 16.5 Å². The van der Waals surface area contributed by atoms with Crippen molar-refractivity contribution in [3.63, 3.8) is 0 Å². The van der Waals surface area contributed by atoms with Crippen molar-refractivity contribution in [3.8, 4) is 0 Å². The maximum atomic E-state index is 13.4. The molecule has 1 N–H and O–H groups in total. The van der Waals surface area contributed by atoms with Gasteiger partial charge in [0.2, 0.25) is 5.91 Å². The summed E-state index contributed by atoms with van der Waals surface area (Å²) in [5.41, 5.74) is 5.22. The van der Waals surface area contributed by atoms with Crippen LogP contribution in [-0.4, -0.2) is 11.7 Å². The molecule has 1 heterocycles. The smallest absolute Gasteiger partial charge is 0.225 e. The molecule has 162 valence electrons. The molecule has 3 aromatic rings. The van der Waals surface area contributed by atoms with Crippen LogP contribution >= 0.6 is 0 Å². The van der Waals surface area contributed by atoms with Crippen LogP contribution in [0.3, 0.4) is 0 Å². The highest BCUT2D eigenvalue weighted by Crippen LogP contribution is 2.43. The predicted octanol–water partition coefficient (Wildman–Crippen LogP) is 6.14. The Balaban J connectivity index is 1.48. The highest BCUT2D eigenvalue weighted by atomic mass is 16.2. The minimum Gasteiger partial charge on any atom is -0.329 e. The van der Waals surface area contributed by atoms with Gasteiger partial charge < -0.3 is 5.32 Å². The van der Waals surface area contributed by atoms with E-state index in [4.69, 9.17) is 0 Å². The summed E-state index contributed by atoms with van der Waals surface area (Å²) in [4.78, 5) is 26.0. The standard InChI is InChI=1S/C29H29NO2/c1-29(2,3)23-12-10-19(11-13-23)22-15-25-28(26(31)16-22)24(17-27(32)30-25)21-9-8-18-6-4-5-7-20(18)14-21/h4-14,22,24H,15-17H2,1-3H3,(H,30,32). The van der Waals surface area contributed by atoms with Gasteiger partial charge in [0.15, 0.2) is 5.78 Å². The van der Waals surface area contributed by atoms with E-state index >= 15 is 0 Å². The van der Waals surface area contributed by atoms with Gasteiger partial charge in [-0.15, -0.1) is 0 Å². The summed E-state index contributed by atoms with van der Waals surface area (Å²) in [6.07, 6.45) is 1.52. The van der Waals surface area contributed by atoms with Gasteiger partial charge in [-0.1, -0.05) is 87.5 Å². The topological polar surface area (TPSA) is 46.2 Å².